The maximum Gasteiger partial charge on any atom is 0.271 e. The van der Waals surface area contributed by atoms with Gasteiger partial charge in [0.25, 0.3) is 17.2 Å². The molecule has 0 saturated carbocycles. The lowest BCUT2D eigenvalue weighted by Crippen LogP contribution is -2.40. The summed E-state index contributed by atoms with van der Waals surface area (Å²) in [7, 11) is 0. The van der Waals surface area contributed by atoms with Gasteiger partial charge in [-0.15, -0.1) is 0 Å². The van der Waals surface area contributed by atoms with Gasteiger partial charge < -0.3 is 9.88 Å². The number of aromatic nitrogens is 2. The molecule has 2 aromatic heterocycles. The number of hydrogen-bond donors (Lipinski definition) is 1. The minimum atomic E-state index is -0.678. The zero-order chi connectivity index (χ0) is 35.1. The van der Waals surface area contributed by atoms with Gasteiger partial charge in [0, 0.05) is 46.5 Å². The van der Waals surface area contributed by atoms with Crippen molar-refractivity contribution in [1.82, 2.24) is 9.13 Å². The van der Waals surface area contributed by atoms with E-state index in [1.54, 1.807) is 16.7 Å². The lowest BCUT2D eigenvalue weighted by atomic mass is 9.93. The SMILES string of the molecule is CC1=C(C(=O)Nc2ccccc2)[C@H](c2ccc(C(C)C)cc2)n2c(s/c(=C\c3c(C)n(Cc4ccc([N+](=O)[O-])cc4)c4ccccc34)c2=O)=N1. The standard InChI is InChI=1S/C40H35N5O4S/c1-24(2)28-16-18-29(19-17-28)37-36(38(46)42-30-10-6-5-7-11-30)25(3)41-40-44(37)39(47)35(50-40)22-33-26(4)43(34-13-9-8-12-32(33)34)23-27-14-20-31(21-15-27)45(48)49/h5-22,24,37H,23H2,1-4H3,(H,42,46)/b35-22-/t37-/m0/s1. The van der Waals surface area contributed by atoms with E-state index < -0.39 is 11.0 Å². The summed E-state index contributed by atoms with van der Waals surface area (Å²) < 4.78 is 4.32. The van der Waals surface area contributed by atoms with Crippen LogP contribution in [0, 0.1) is 17.0 Å². The van der Waals surface area contributed by atoms with Crippen molar-refractivity contribution in [2.75, 3.05) is 5.32 Å². The predicted octanol–water partition coefficient (Wildman–Crippen LogP) is 7.22. The first-order chi connectivity index (χ1) is 24.1. The quantitative estimate of drug-likeness (QED) is 0.135. The van der Waals surface area contributed by atoms with E-state index in [-0.39, 0.29) is 17.2 Å². The summed E-state index contributed by atoms with van der Waals surface area (Å²) in [5, 5.41) is 15.2. The molecule has 4 aromatic carbocycles. The lowest BCUT2D eigenvalue weighted by Gasteiger charge is -2.25. The molecule has 1 atom stereocenters. The fourth-order valence-corrected chi connectivity index (χ4v) is 7.62. The second-order valence-electron chi connectivity index (χ2n) is 12.7. The molecule has 250 valence electrons. The van der Waals surface area contributed by atoms with E-state index in [2.05, 4.69) is 35.9 Å². The molecule has 0 bridgehead atoms. The molecule has 1 aliphatic heterocycles. The Balaban J connectivity index is 1.36. The van der Waals surface area contributed by atoms with Crippen LogP contribution in [0.25, 0.3) is 17.0 Å². The number of hydrogen-bond acceptors (Lipinski definition) is 6. The van der Waals surface area contributed by atoms with Gasteiger partial charge in [-0.05, 0) is 60.7 Å². The Morgan fingerprint density at radius 3 is 2.32 bits per heavy atom. The number of para-hydroxylation sites is 2. The van der Waals surface area contributed by atoms with Gasteiger partial charge in [0.2, 0.25) is 0 Å². The highest BCUT2D eigenvalue weighted by molar-refractivity contribution is 7.07. The first kappa shape index (κ1) is 32.7. The van der Waals surface area contributed by atoms with Crippen LogP contribution in [0.15, 0.2) is 124 Å². The van der Waals surface area contributed by atoms with Crippen molar-refractivity contribution >= 4 is 45.6 Å². The normalized spacial score (nSPS) is 14.6. The van der Waals surface area contributed by atoms with Crippen LogP contribution in [0.4, 0.5) is 11.4 Å². The minimum absolute atomic E-state index is 0.0454. The predicted molar refractivity (Wildman–Crippen MR) is 198 cm³/mol. The highest BCUT2D eigenvalue weighted by Gasteiger charge is 2.32. The van der Waals surface area contributed by atoms with Gasteiger partial charge in [-0.2, -0.15) is 0 Å². The van der Waals surface area contributed by atoms with Gasteiger partial charge in [-0.3, -0.25) is 24.3 Å². The monoisotopic (exact) mass is 681 g/mol. The zero-order valence-electron chi connectivity index (χ0n) is 28.1. The van der Waals surface area contributed by atoms with Crippen molar-refractivity contribution in [3.8, 4) is 0 Å². The first-order valence-corrected chi connectivity index (χ1v) is 17.2. The highest BCUT2D eigenvalue weighted by Crippen LogP contribution is 2.32. The lowest BCUT2D eigenvalue weighted by molar-refractivity contribution is -0.384. The largest absolute Gasteiger partial charge is 0.340 e. The number of nitro benzene ring substituents is 1. The maximum atomic E-state index is 14.5. The number of nitrogens with one attached hydrogen (secondary N) is 1. The van der Waals surface area contributed by atoms with Crippen LogP contribution >= 0.6 is 11.3 Å². The van der Waals surface area contributed by atoms with Crippen molar-refractivity contribution in [3.05, 3.63) is 172 Å². The molecule has 9 nitrogen and oxygen atoms in total. The number of allylic oxidation sites excluding steroid dienone is 1. The smallest absolute Gasteiger partial charge is 0.271 e. The van der Waals surface area contributed by atoms with E-state index in [1.165, 1.54) is 23.5 Å². The molecule has 0 saturated heterocycles. The van der Waals surface area contributed by atoms with E-state index in [0.29, 0.717) is 38.8 Å². The first-order valence-electron chi connectivity index (χ1n) is 16.4. The molecule has 1 amide bonds. The van der Waals surface area contributed by atoms with Gasteiger partial charge in [-0.1, -0.05) is 98.0 Å². The molecule has 7 rings (SSSR count). The van der Waals surface area contributed by atoms with Crippen molar-refractivity contribution < 1.29 is 9.72 Å². The molecule has 1 aliphatic rings. The topological polar surface area (TPSA) is 112 Å². The van der Waals surface area contributed by atoms with Crippen molar-refractivity contribution in [2.45, 2.75) is 46.2 Å². The Bertz CT molecular complexity index is 2490. The Hall–Kier alpha value is -5.87. The van der Waals surface area contributed by atoms with Crippen LogP contribution in [0.5, 0.6) is 0 Å². The number of carbonyl (C=O) groups excluding carboxylic acids is 1. The number of fused-ring (bicyclic) bond motifs is 2. The molecular formula is C40H35N5O4S. The van der Waals surface area contributed by atoms with Crippen LogP contribution in [0.1, 0.15) is 60.7 Å². The van der Waals surface area contributed by atoms with E-state index in [1.807, 2.05) is 86.7 Å². The van der Waals surface area contributed by atoms with Gasteiger partial charge in [-0.25, -0.2) is 4.99 Å². The molecule has 0 spiro atoms. The summed E-state index contributed by atoms with van der Waals surface area (Å²) in [5.41, 5.74) is 7.21. The molecule has 50 heavy (non-hydrogen) atoms. The second kappa shape index (κ2) is 13.2. The molecule has 0 unspecified atom stereocenters. The number of non-ortho nitro benzene ring substituents is 1. The summed E-state index contributed by atoms with van der Waals surface area (Å²) in [5.74, 6) is 0.0183. The summed E-state index contributed by atoms with van der Waals surface area (Å²) >= 11 is 1.31. The van der Waals surface area contributed by atoms with Crippen LogP contribution in [-0.2, 0) is 11.3 Å². The molecule has 6 aromatic rings. The third-order valence-corrected chi connectivity index (χ3v) is 10.2. The van der Waals surface area contributed by atoms with Crippen LogP contribution in [0.3, 0.4) is 0 Å². The average Bonchev–Trinajstić information content (AvgIpc) is 3.56. The molecular weight excluding hydrogens is 647 g/mol. The molecule has 3 heterocycles. The summed E-state index contributed by atoms with van der Waals surface area (Å²) in [6, 6.07) is 31.3. The number of carbonyl (C=O) groups is 1. The van der Waals surface area contributed by atoms with E-state index in [9.17, 15) is 19.7 Å². The number of benzene rings is 4. The molecule has 1 N–H and O–H groups in total. The molecule has 0 fully saturated rings. The van der Waals surface area contributed by atoms with E-state index in [0.717, 1.165) is 38.9 Å². The van der Waals surface area contributed by atoms with Gasteiger partial charge >= 0.3 is 0 Å². The molecule has 0 radical (unpaired) electrons. The Morgan fingerprint density at radius 2 is 1.64 bits per heavy atom. The highest BCUT2D eigenvalue weighted by atomic mass is 32.1. The van der Waals surface area contributed by atoms with Crippen LogP contribution in [-0.4, -0.2) is 20.0 Å². The molecule has 10 heteroatoms. The minimum Gasteiger partial charge on any atom is -0.340 e. The van der Waals surface area contributed by atoms with Gasteiger partial charge in [0.05, 0.1) is 26.8 Å². The fraction of sp³-hybridized carbons (Fsp3) is 0.175. The Labute approximate surface area is 292 Å². The van der Waals surface area contributed by atoms with Crippen molar-refractivity contribution in [3.63, 3.8) is 0 Å². The number of thiazole rings is 1. The number of nitro groups is 1. The third-order valence-electron chi connectivity index (χ3n) is 9.26. The summed E-state index contributed by atoms with van der Waals surface area (Å²) in [6.45, 7) is 8.61. The summed E-state index contributed by atoms with van der Waals surface area (Å²) in [4.78, 5) is 44.6. The van der Waals surface area contributed by atoms with Crippen LogP contribution in [0.2, 0.25) is 0 Å². The second-order valence-corrected chi connectivity index (χ2v) is 13.8. The third kappa shape index (κ3) is 5.98. The summed E-state index contributed by atoms with van der Waals surface area (Å²) in [6.07, 6.45) is 1.93. The van der Waals surface area contributed by atoms with Gasteiger partial charge in [0.1, 0.15) is 0 Å². The Morgan fingerprint density at radius 1 is 0.960 bits per heavy atom. The number of rotatable bonds is 8. The molecule has 0 aliphatic carbocycles. The fourth-order valence-electron chi connectivity index (χ4n) is 6.59. The number of nitrogens with zero attached hydrogens (tertiary/aromatic N) is 4. The zero-order valence-corrected chi connectivity index (χ0v) is 28.9. The van der Waals surface area contributed by atoms with Crippen LogP contribution < -0.4 is 20.2 Å². The maximum absolute atomic E-state index is 14.5. The van der Waals surface area contributed by atoms with E-state index >= 15 is 0 Å². The average molecular weight is 682 g/mol. The van der Waals surface area contributed by atoms with Crippen molar-refractivity contribution in [2.24, 2.45) is 4.99 Å². The van der Waals surface area contributed by atoms with E-state index in [4.69, 9.17) is 4.99 Å². The van der Waals surface area contributed by atoms with Crippen molar-refractivity contribution in [1.29, 1.82) is 0 Å². The number of amides is 1. The number of anilines is 1. The van der Waals surface area contributed by atoms with Gasteiger partial charge in [0.15, 0.2) is 4.80 Å². The Kier molecular flexibility index (Phi) is 8.63.